The maximum atomic E-state index is 11.5. The first-order chi connectivity index (χ1) is 8.81. The monoisotopic (exact) mass is 249 g/mol. The van der Waals surface area contributed by atoms with Crippen LogP contribution >= 0.6 is 0 Å². The summed E-state index contributed by atoms with van der Waals surface area (Å²) in [5, 5.41) is 3.16. The van der Waals surface area contributed by atoms with Gasteiger partial charge in [0.25, 0.3) is 5.56 Å². The van der Waals surface area contributed by atoms with Gasteiger partial charge >= 0.3 is 0 Å². The van der Waals surface area contributed by atoms with Gasteiger partial charge in [-0.15, -0.1) is 0 Å². The highest BCUT2D eigenvalue weighted by atomic mass is 16.5. The molecule has 0 saturated heterocycles. The quantitative estimate of drug-likeness (QED) is 0.784. The molecule has 0 radical (unpaired) electrons. The molecule has 1 aromatic rings. The predicted octanol–water partition coefficient (Wildman–Crippen LogP) is 2.08. The van der Waals surface area contributed by atoms with Crippen molar-refractivity contribution in [3.63, 3.8) is 0 Å². The van der Waals surface area contributed by atoms with Crippen LogP contribution in [-0.2, 0) is 0 Å². The fourth-order valence-corrected chi connectivity index (χ4v) is 2.18. The Hall–Kier alpha value is -1.78. The van der Waals surface area contributed by atoms with E-state index in [0.29, 0.717) is 5.82 Å². The Kier molecular flexibility index (Phi) is 4.39. The van der Waals surface area contributed by atoms with E-state index in [2.05, 4.69) is 21.4 Å². The van der Waals surface area contributed by atoms with Gasteiger partial charge in [-0.2, -0.15) is 0 Å². The lowest BCUT2D eigenvalue weighted by Gasteiger charge is -2.13. The summed E-state index contributed by atoms with van der Waals surface area (Å²) in [4.78, 5) is 18.0. The van der Waals surface area contributed by atoms with E-state index in [1.807, 2.05) is 0 Å². The molecule has 0 fully saturated rings. The van der Waals surface area contributed by atoms with Gasteiger partial charge in [-0.05, 0) is 32.1 Å². The summed E-state index contributed by atoms with van der Waals surface area (Å²) in [6.07, 6.45) is 9.70. The van der Waals surface area contributed by atoms with E-state index in [9.17, 15) is 4.79 Å². The lowest BCUT2D eigenvalue weighted by Crippen LogP contribution is -2.15. The first-order valence-electron chi connectivity index (χ1n) is 6.34. The number of anilines is 1. The molecular weight excluding hydrogens is 230 g/mol. The van der Waals surface area contributed by atoms with Gasteiger partial charge in [0, 0.05) is 6.54 Å². The molecule has 0 bridgehead atoms. The van der Waals surface area contributed by atoms with Crippen LogP contribution in [0.3, 0.4) is 0 Å². The van der Waals surface area contributed by atoms with Crippen LogP contribution in [0.4, 0.5) is 5.82 Å². The molecule has 0 amide bonds. The molecule has 1 aromatic heterocycles. The van der Waals surface area contributed by atoms with Crippen molar-refractivity contribution in [2.24, 2.45) is 0 Å². The average Bonchev–Trinajstić information content (AvgIpc) is 2.40. The Bertz CT molecular complexity index is 479. The number of rotatable bonds is 5. The van der Waals surface area contributed by atoms with Crippen molar-refractivity contribution in [2.75, 3.05) is 19.0 Å². The minimum atomic E-state index is -0.258. The van der Waals surface area contributed by atoms with Crippen molar-refractivity contribution in [1.82, 2.24) is 9.97 Å². The maximum Gasteiger partial charge on any atom is 0.295 e. The fourth-order valence-electron chi connectivity index (χ4n) is 2.18. The molecule has 1 heterocycles. The molecule has 2 N–H and O–H groups in total. The molecule has 0 spiro atoms. The highest BCUT2D eigenvalue weighted by Crippen LogP contribution is 2.20. The number of hydrogen-bond donors (Lipinski definition) is 2. The van der Waals surface area contributed by atoms with Gasteiger partial charge in [0.1, 0.15) is 0 Å². The zero-order valence-electron chi connectivity index (χ0n) is 10.7. The van der Waals surface area contributed by atoms with Crippen molar-refractivity contribution in [3.8, 4) is 5.75 Å². The van der Waals surface area contributed by atoms with Crippen LogP contribution in [-0.4, -0.2) is 23.6 Å². The van der Waals surface area contributed by atoms with Gasteiger partial charge in [-0.1, -0.05) is 11.6 Å². The van der Waals surface area contributed by atoms with E-state index in [-0.39, 0.29) is 11.3 Å². The number of allylic oxidation sites excluding steroid dienone is 1. The number of hydrogen-bond acceptors (Lipinski definition) is 4. The molecular formula is C13H19N3O2. The lowest BCUT2D eigenvalue weighted by atomic mass is 9.97. The van der Waals surface area contributed by atoms with E-state index >= 15 is 0 Å². The summed E-state index contributed by atoms with van der Waals surface area (Å²) < 4.78 is 5.04. The normalized spacial score (nSPS) is 15.1. The molecule has 98 valence electrons. The lowest BCUT2D eigenvalue weighted by molar-refractivity contribution is 0.408. The molecule has 2 rings (SSSR count). The molecule has 5 heteroatoms. The second-order valence-electron chi connectivity index (χ2n) is 4.40. The molecule has 0 aromatic carbocycles. The van der Waals surface area contributed by atoms with Crippen molar-refractivity contribution in [2.45, 2.75) is 32.1 Å². The highest BCUT2D eigenvalue weighted by Gasteiger charge is 2.08. The number of nitrogens with one attached hydrogen (secondary N) is 2. The largest absolute Gasteiger partial charge is 0.489 e. The third-order valence-electron chi connectivity index (χ3n) is 3.14. The summed E-state index contributed by atoms with van der Waals surface area (Å²) in [7, 11) is 1.47. The van der Waals surface area contributed by atoms with Crippen molar-refractivity contribution < 1.29 is 4.74 Å². The topological polar surface area (TPSA) is 67.0 Å². The van der Waals surface area contributed by atoms with Crippen molar-refractivity contribution in [3.05, 3.63) is 28.3 Å². The zero-order valence-corrected chi connectivity index (χ0v) is 10.7. The van der Waals surface area contributed by atoms with Crippen LogP contribution in [0.1, 0.15) is 32.1 Å². The summed E-state index contributed by atoms with van der Waals surface area (Å²) in [6.45, 7) is 0.776. The molecule has 0 saturated carbocycles. The van der Waals surface area contributed by atoms with E-state index in [1.54, 1.807) is 0 Å². The Morgan fingerprint density at radius 3 is 3.11 bits per heavy atom. The van der Waals surface area contributed by atoms with Crippen LogP contribution in [0.2, 0.25) is 0 Å². The zero-order chi connectivity index (χ0) is 12.8. The van der Waals surface area contributed by atoms with Crippen LogP contribution in [0.5, 0.6) is 5.75 Å². The summed E-state index contributed by atoms with van der Waals surface area (Å²) >= 11 is 0. The first kappa shape index (κ1) is 12.7. The predicted molar refractivity (Wildman–Crippen MR) is 71.1 cm³/mol. The third kappa shape index (κ3) is 3.12. The molecule has 18 heavy (non-hydrogen) atoms. The van der Waals surface area contributed by atoms with Gasteiger partial charge in [-0.25, -0.2) is 4.98 Å². The van der Waals surface area contributed by atoms with E-state index < -0.39 is 0 Å². The van der Waals surface area contributed by atoms with Gasteiger partial charge < -0.3 is 15.0 Å². The number of ether oxygens (including phenoxy) is 1. The Morgan fingerprint density at radius 1 is 1.50 bits per heavy atom. The van der Waals surface area contributed by atoms with E-state index in [0.717, 1.165) is 13.0 Å². The molecule has 1 aliphatic rings. The number of H-pyrrole nitrogens is 1. The molecule has 0 unspecified atom stereocenters. The number of aromatic amines is 1. The summed E-state index contributed by atoms with van der Waals surface area (Å²) in [5.41, 5.74) is 1.24. The third-order valence-corrected chi connectivity index (χ3v) is 3.14. The van der Waals surface area contributed by atoms with Crippen LogP contribution in [0, 0.1) is 0 Å². The second kappa shape index (κ2) is 6.23. The standard InChI is InChI=1S/C13H19N3O2/c1-18-11-12(15-9-16-13(11)17)14-8-7-10-5-3-2-4-6-10/h5,9H,2-4,6-8H2,1H3,(H2,14,15,16,17). The molecule has 0 atom stereocenters. The van der Waals surface area contributed by atoms with Gasteiger partial charge in [0.15, 0.2) is 5.82 Å². The first-order valence-corrected chi connectivity index (χ1v) is 6.34. The smallest absolute Gasteiger partial charge is 0.295 e. The number of aromatic nitrogens is 2. The van der Waals surface area contributed by atoms with Crippen LogP contribution < -0.4 is 15.6 Å². The number of nitrogens with zero attached hydrogens (tertiary/aromatic N) is 1. The van der Waals surface area contributed by atoms with Crippen LogP contribution in [0.15, 0.2) is 22.8 Å². The summed E-state index contributed by atoms with van der Waals surface area (Å²) in [5.74, 6) is 0.757. The van der Waals surface area contributed by atoms with Crippen LogP contribution in [0.25, 0.3) is 0 Å². The fraction of sp³-hybridized carbons (Fsp3) is 0.538. The highest BCUT2D eigenvalue weighted by molar-refractivity contribution is 5.47. The Morgan fingerprint density at radius 2 is 2.39 bits per heavy atom. The summed E-state index contributed by atoms with van der Waals surface area (Å²) in [6, 6.07) is 0. The Labute approximate surface area is 106 Å². The Balaban J connectivity index is 1.92. The maximum absolute atomic E-state index is 11.5. The molecule has 0 aliphatic heterocycles. The number of methoxy groups -OCH3 is 1. The van der Waals surface area contributed by atoms with E-state index in [1.165, 1.54) is 44.7 Å². The molecule has 5 nitrogen and oxygen atoms in total. The van der Waals surface area contributed by atoms with Gasteiger partial charge in [0.05, 0.1) is 13.4 Å². The van der Waals surface area contributed by atoms with Gasteiger partial charge in [0.2, 0.25) is 5.75 Å². The van der Waals surface area contributed by atoms with Gasteiger partial charge in [-0.3, -0.25) is 4.79 Å². The van der Waals surface area contributed by atoms with Crippen molar-refractivity contribution in [1.29, 1.82) is 0 Å². The van der Waals surface area contributed by atoms with Crippen molar-refractivity contribution >= 4 is 5.82 Å². The second-order valence-corrected chi connectivity index (χ2v) is 4.40. The molecule has 1 aliphatic carbocycles. The minimum absolute atomic E-state index is 0.245. The minimum Gasteiger partial charge on any atom is -0.489 e. The van der Waals surface area contributed by atoms with E-state index in [4.69, 9.17) is 4.74 Å². The average molecular weight is 249 g/mol. The SMILES string of the molecule is COc1c(NCCC2=CCCCC2)nc[nH]c1=O.